The van der Waals surface area contributed by atoms with Crippen LogP contribution in [0.1, 0.15) is 11.9 Å². The quantitative estimate of drug-likeness (QED) is 0.595. The Bertz CT molecular complexity index is 377. The van der Waals surface area contributed by atoms with Crippen LogP contribution in [0.25, 0.3) is 0 Å². The van der Waals surface area contributed by atoms with Crippen molar-refractivity contribution in [1.82, 2.24) is 0 Å². The maximum absolute atomic E-state index is 12.9. The number of benzene rings is 1. The fourth-order valence-corrected chi connectivity index (χ4v) is 1.58. The van der Waals surface area contributed by atoms with Gasteiger partial charge in [-0.05, 0) is 12.1 Å². The van der Waals surface area contributed by atoms with E-state index in [4.69, 9.17) is 21.1 Å². The Morgan fingerprint density at radius 2 is 1.88 bits per heavy atom. The van der Waals surface area contributed by atoms with Crippen molar-refractivity contribution in [3.63, 3.8) is 0 Å². The molecule has 1 saturated heterocycles. The molecule has 1 fully saturated rings. The molecule has 6 heteroatoms. The third kappa shape index (κ3) is 2.16. The molecule has 1 aromatic rings. The van der Waals surface area contributed by atoms with Crippen LogP contribution in [0.2, 0.25) is 0 Å². The van der Waals surface area contributed by atoms with Crippen molar-refractivity contribution in [3.05, 3.63) is 35.1 Å². The molecule has 2 nitrogen and oxygen atoms in total. The van der Waals surface area contributed by atoms with Gasteiger partial charge in [-0.25, -0.2) is 13.2 Å². The van der Waals surface area contributed by atoms with Crippen LogP contribution in [0.5, 0.6) is 0 Å². The van der Waals surface area contributed by atoms with Crippen molar-refractivity contribution >= 4 is 11.6 Å². The van der Waals surface area contributed by atoms with E-state index in [-0.39, 0.29) is 24.2 Å². The molecule has 2 atom stereocenters. The van der Waals surface area contributed by atoms with E-state index in [1.165, 1.54) is 0 Å². The Kier molecular flexibility index (Phi) is 3.37. The maximum atomic E-state index is 12.9. The van der Waals surface area contributed by atoms with Gasteiger partial charge in [0.1, 0.15) is 0 Å². The molecule has 1 heterocycles. The van der Waals surface area contributed by atoms with Gasteiger partial charge in [-0.15, -0.1) is 11.6 Å². The molecule has 1 aromatic carbocycles. The molecule has 0 radical (unpaired) electrons. The summed E-state index contributed by atoms with van der Waals surface area (Å²) in [5.74, 6) is -3.81. The summed E-state index contributed by atoms with van der Waals surface area (Å²) in [6.45, 7) is 0.245. The number of hydrogen-bond donors (Lipinski definition) is 0. The van der Waals surface area contributed by atoms with E-state index in [0.717, 1.165) is 12.1 Å². The van der Waals surface area contributed by atoms with Gasteiger partial charge in [-0.2, -0.15) is 0 Å². The van der Waals surface area contributed by atoms with Crippen molar-refractivity contribution in [1.29, 1.82) is 0 Å². The van der Waals surface area contributed by atoms with Crippen molar-refractivity contribution in [2.45, 2.75) is 12.4 Å². The number of hydrogen-bond acceptors (Lipinski definition) is 2. The van der Waals surface area contributed by atoms with Gasteiger partial charge in [-0.1, -0.05) is 0 Å². The Morgan fingerprint density at radius 1 is 1.25 bits per heavy atom. The zero-order valence-electron chi connectivity index (χ0n) is 8.05. The second-order valence-corrected chi connectivity index (χ2v) is 3.68. The van der Waals surface area contributed by atoms with E-state index in [9.17, 15) is 13.2 Å². The zero-order chi connectivity index (χ0) is 11.7. The molecule has 0 N–H and O–H groups in total. The molecular formula is C10H8ClF3O2. The van der Waals surface area contributed by atoms with E-state index < -0.39 is 23.7 Å². The van der Waals surface area contributed by atoms with Gasteiger partial charge >= 0.3 is 0 Å². The Balaban J connectivity index is 2.22. The molecular weight excluding hydrogens is 245 g/mol. The van der Waals surface area contributed by atoms with Gasteiger partial charge in [-0.3, -0.25) is 0 Å². The standard InChI is InChI=1S/C10H8ClF3O2/c11-3-6-4-15-10(16-6)5-1-7(12)9(14)8(13)2-5/h1-2,6,10H,3-4H2. The molecule has 0 bridgehead atoms. The number of alkyl halides is 1. The van der Waals surface area contributed by atoms with Gasteiger partial charge < -0.3 is 9.47 Å². The van der Waals surface area contributed by atoms with Crippen molar-refractivity contribution in [3.8, 4) is 0 Å². The smallest absolute Gasteiger partial charge is 0.194 e. The largest absolute Gasteiger partial charge is 0.346 e. The molecule has 1 aliphatic rings. The molecule has 16 heavy (non-hydrogen) atoms. The van der Waals surface area contributed by atoms with Gasteiger partial charge in [0.25, 0.3) is 0 Å². The van der Waals surface area contributed by atoms with E-state index in [2.05, 4.69) is 0 Å². The highest BCUT2D eigenvalue weighted by Gasteiger charge is 2.28. The Hall–Kier alpha value is -0.780. The summed E-state index contributed by atoms with van der Waals surface area (Å²) in [5, 5.41) is 0. The van der Waals surface area contributed by atoms with Crippen LogP contribution in [-0.4, -0.2) is 18.6 Å². The van der Waals surface area contributed by atoms with Crippen molar-refractivity contribution in [2.24, 2.45) is 0 Å². The van der Waals surface area contributed by atoms with E-state index >= 15 is 0 Å². The minimum atomic E-state index is -1.50. The fraction of sp³-hybridized carbons (Fsp3) is 0.400. The number of rotatable bonds is 2. The number of ether oxygens (including phenoxy) is 2. The van der Waals surface area contributed by atoms with E-state index in [0.29, 0.717) is 0 Å². The van der Waals surface area contributed by atoms with Crippen LogP contribution in [-0.2, 0) is 9.47 Å². The lowest BCUT2D eigenvalue weighted by Gasteiger charge is -2.11. The fourth-order valence-electron chi connectivity index (χ4n) is 1.41. The molecule has 0 saturated carbocycles. The predicted octanol–water partition coefficient (Wildman–Crippen LogP) is 2.76. The van der Waals surface area contributed by atoms with Crippen LogP contribution in [0.4, 0.5) is 13.2 Å². The average Bonchev–Trinajstić information content (AvgIpc) is 2.73. The summed E-state index contributed by atoms with van der Waals surface area (Å²) < 4.78 is 48.9. The van der Waals surface area contributed by atoms with Crippen molar-refractivity contribution < 1.29 is 22.6 Å². The zero-order valence-corrected chi connectivity index (χ0v) is 8.81. The van der Waals surface area contributed by atoms with Crippen LogP contribution >= 0.6 is 11.6 Å². The van der Waals surface area contributed by atoms with Crippen LogP contribution in [0, 0.1) is 17.5 Å². The summed E-state index contributed by atoms with van der Waals surface area (Å²) in [6.07, 6.45) is -1.21. The molecule has 0 spiro atoms. The lowest BCUT2D eigenvalue weighted by Crippen LogP contribution is -2.11. The first-order chi connectivity index (χ1) is 7.61. The molecule has 0 aromatic heterocycles. The van der Waals surface area contributed by atoms with Crippen LogP contribution in [0.3, 0.4) is 0 Å². The highest BCUT2D eigenvalue weighted by molar-refractivity contribution is 6.18. The maximum Gasteiger partial charge on any atom is 0.194 e. The highest BCUT2D eigenvalue weighted by Crippen LogP contribution is 2.29. The van der Waals surface area contributed by atoms with Crippen LogP contribution < -0.4 is 0 Å². The molecule has 1 aliphatic heterocycles. The average molecular weight is 253 g/mol. The van der Waals surface area contributed by atoms with Gasteiger partial charge in [0.15, 0.2) is 23.7 Å². The lowest BCUT2D eigenvalue weighted by atomic mass is 10.2. The van der Waals surface area contributed by atoms with Crippen LogP contribution in [0.15, 0.2) is 12.1 Å². The monoisotopic (exact) mass is 252 g/mol. The summed E-state index contributed by atoms with van der Waals surface area (Å²) >= 11 is 5.54. The van der Waals surface area contributed by atoms with Gasteiger partial charge in [0.05, 0.1) is 18.6 Å². The molecule has 2 rings (SSSR count). The first kappa shape index (κ1) is 11.7. The molecule has 2 unspecified atom stereocenters. The molecule has 88 valence electrons. The Labute approximate surface area is 94.9 Å². The number of halogens is 4. The third-order valence-electron chi connectivity index (χ3n) is 2.20. The second kappa shape index (κ2) is 4.61. The van der Waals surface area contributed by atoms with Crippen molar-refractivity contribution in [2.75, 3.05) is 12.5 Å². The second-order valence-electron chi connectivity index (χ2n) is 3.38. The SMILES string of the molecule is Fc1cc(C2OCC(CCl)O2)cc(F)c1F. The summed E-state index contributed by atoms with van der Waals surface area (Å²) in [5.41, 5.74) is 0.101. The lowest BCUT2D eigenvalue weighted by molar-refractivity contribution is -0.0571. The molecule has 0 aliphatic carbocycles. The summed E-state index contributed by atoms with van der Waals surface area (Å²) in [6, 6.07) is 1.69. The first-order valence-electron chi connectivity index (χ1n) is 4.59. The summed E-state index contributed by atoms with van der Waals surface area (Å²) in [7, 11) is 0. The predicted molar refractivity (Wildman–Crippen MR) is 50.6 cm³/mol. The first-order valence-corrected chi connectivity index (χ1v) is 5.12. The normalized spacial score (nSPS) is 25.0. The highest BCUT2D eigenvalue weighted by atomic mass is 35.5. The van der Waals surface area contributed by atoms with E-state index in [1.54, 1.807) is 0 Å². The van der Waals surface area contributed by atoms with E-state index in [1.807, 2.05) is 0 Å². The van der Waals surface area contributed by atoms with Gasteiger partial charge in [0, 0.05) is 5.56 Å². The molecule has 0 amide bonds. The minimum absolute atomic E-state index is 0.101. The summed E-state index contributed by atoms with van der Waals surface area (Å²) in [4.78, 5) is 0. The Morgan fingerprint density at radius 3 is 2.38 bits per heavy atom. The van der Waals surface area contributed by atoms with Gasteiger partial charge in [0.2, 0.25) is 0 Å². The third-order valence-corrected chi connectivity index (χ3v) is 2.54. The minimum Gasteiger partial charge on any atom is -0.346 e. The topological polar surface area (TPSA) is 18.5 Å².